The van der Waals surface area contributed by atoms with E-state index in [1.165, 1.54) is 5.56 Å². The highest BCUT2D eigenvalue weighted by Gasteiger charge is 2.42. The maximum absolute atomic E-state index is 12.3. The molecule has 1 aromatic rings. The smallest absolute Gasteiger partial charge is 0.317 e. The average Bonchev–Trinajstić information content (AvgIpc) is 2.91. The van der Waals surface area contributed by atoms with Crippen molar-refractivity contribution in [2.24, 2.45) is 5.41 Å². The summed E-state index contributed by atoms with van der Waals surface area (Å²) in [4.78, 5) is 25.1. The number of nitrogens with zero attached hydrogens (tertiary/aromatic N) is 1. The third-order valence-corrected chi connectivity index (χ3v) is 4.50. The molecule has 0 saturated carbocycles. The lowest BCUT2D eigenvalue weighted by Gasteiger charge is -2.23. The Morgan fingerprint density at radius 3 is 2.50 bits per heavy atom. The van der Waals surface area contributed by atoms with Gasteiger partial charge in [0.05, 0.1) is 11.5 Å². The van der Waals surface area contributed by atoms with Crippen molar-refractivity contribution in [1.82, 2.24) is 10.2 Å². The second-order valence-corrected chi connectivity index (χ2v) is 6.30. The van der Waals surface area contributed by atoms with Gasteiger partial charge in [0.15, 0.2) is 0 Å². The van der Waals surface area contributed by atoms with E-state index in [-0.39, 0.29) is 18.6 Å². The van der Waals surface area contributed by atoms with E-state index in [1.54, 1.807) is 11.8 Å². The number of hydrogen-bond acceptors (Lipinski definition) is 2. The number of amides is 2. The Morgan fingerprint density at radius 1 is 1.36 bits per heavy atom. The van der Waals surface area contributed by atoms with Gasteiger partial charge in [-0.3, -0.25) is 4.79 Å². The average molecular weight is 304 g/mol. The molecule has 2 unspecified atom stereocenters. The SMILES string of the molecule is CCc1ccc(C(C)NC(=O)N2CCC(C)(C(=O)O)C2)cc1. The Morgan fingerprint density at radius 2 is 2.00 bits per heavy atom. The minimum atomic E-state index is -0.842. The van der Waals surface area contributed by atoms with Crippen LogP contribution in [0.4, 0.5) is 4.79 Å². The van der Waals surface area contributed by atoms with Crippen molar-refractivity contribution in [3.05, 3.63) is 35.4 Å². The van der Waals surface area contributed by atoms with Gasteiger partial charge in [-0.2, -0.15) is 0 Å². The number of aliphatic carboxylic acids is 1. The summed E-state index contributed by atoms with van der Waals surface area (Å²) in [5, 5.41) is 12.2. The fraction of sp³-hybridized carbons (Fsp3) is 0.529. The van der Waals surface area contributed by atoms with Crippen molar-refractivity contribution < 1.29 is 14.7 Å². The highest BCUT2D eigenvalue weighted by atomic mass is 16.4. The number of carbonyl (C=O) groups is 2. The molecule has 2 N–H and O–H groups in total. The first-order valence-corrected chi connectivity index (χ1v) is 7.73. The van der Waals surface area contributed by atoms with E-state index in [9.17, 15) is 14.7 Å². The predicted molar refractivity (Wildman–Crippen MR) is 84.7 cm³/mol. The molecule has 2 rings (SSSR count). The molecule has 0 spiro atoms. The molecule has 0 aromatic heterocycles. The summed E-state index contributed by atoms with van der Waals surface area (Å²) in [5.74, 6) is -0.842. The van der Waals surface area contributed by atoms with E-state index < -0.39 is 11.4 Å². The number of hydrogen-bond donors (Lipinski definition) is 2. The van der Waals surface area contributed by atoms with Crippen LogP contribution in [0.2, 0.25) is 0 Å². The number of carboxylic acids is 1. The molecule has 2 amide bonds. The van der Waals surface area contributed by atoms with E-state index >= 15 is 0 Å². The highest BCUT2D eigenvalue weighted by molar-refractivity contribution is 5.79. The molecule has 0 radical (unpaired) electrons. The van der Waals surface area contributed by atoms with Gasteiger partial charge in [0.1, 0.15) is 0 Å². The van der Waals surface area contributed by atoms with Gasteiger partial charge >= 0.3 is 12.0 Å². The maximum Gasteiger partial charge on any atom is 0.317 e. The quantitative estimate of drug-likeness (QED) is 0.898. The van der Waals surface area contributed by atoms with Crippen LogP contribution in [0.1, 0.15) is 44.4 Å². The Labute approximate surface area is 131 Å². The van der Waals surface area contributed by atoms with Crippen molar-refractivity contribution in [2.45, 2.75) is 39.7 Å². The number of likely N-dealkylation sites (tertiary alicyclic amines) is 1. The Hall–Kier alpha value is -2.04. The number of carboxylic acid groups (broad SMARTS) is 1. The van der Waals surface area contributed by atoms with Gasteiger partial charge in [0, 0.05) is 13.1 Å². The maximum atomic E-state index is 12.3. The van der Waals surface area contributed by atoms with Crippen LogP contribution in [-0.4, -0.2) is 35.1 Å². The van der Waals surface area contributed by atoms with Crippen molar-refractivity contribution in [3.8, 4) is 0 Å². The van der Waals surface area contributed by atoms with Gasteiger partial charge in [-0.15, -0.1) is 0 Å². The number of urea groups is 1. The fourth-order valence-electron chi connectivity index (χ4n) is 2.71. The Kier molecular flexibility index (Phi) is 4.74. The van der Waals surface area contributed by atoms with Crippen molar-refractivity contribution in [3.63, 3.8) is 0 Å². The van der Waals surface area contributed by atoms with Crippen LogP contribution in [-0.2, 0) is 11.2 Å². The molecule has 1 heterocycles. The summed E-state index contributed by atoms with van der Waals surface area (Å²) >= 11 is 0. The van der Waals surface area contributed by atoms with E-state index in [2.05, 4.69) is 24.4 Å². The highest BCUT2D eigenvalue weighted by Crippen LogP contribution is 2.30. The number of nitrogens with one attached hydrogen (secondary N) is 1. The second kappa shape index (κ2) is 6.38. The van der Waals surface area contributed by atoms with Crippen LogP contribution < -0.4 is 5.32 Å². The normalized spacial score (nSPS) is 22.4. The van der Waals surface area contributed by atoms with E-state index in [0.717, 1.165) is 12.0 Å². The lowest BCUT2D eigenvalue weighted by atomic mass is 9.90. The van der Waals surface area contributed by atoms with Crippen LogP contribution in [0, 0.1) is 5.41 Å². The van der Waals surface area contributed by atoms with Crippen LogP contribution in [0.25, 0.3) is 0 Å². The molecule has 1 aliphatic rings. The van der Waals surface area contributed by atoms with Gasteiger partial charge in [-0.25, -0.2) is 4.79 Å². The zero-order valence-electron chi connectivity index (χ0n) is 13.4. The van der Waals surface area contributed by atoms with Gasteiger partial charge in [0.25, 0.3) is 0 Å². The molecule has 2 atom stereocenters. The molecule has 1 aromatic carbocycles. The zero-order chi connectivity index (χ0) is 16.3. The predicted octanol–water partition coefficient (Wildman–Crippen LogP) is 2.82. The molecule has 0 bridgehead atoms. The Balaban J connectivity index is 1.95. The van der Waals surface area contributed by atoms with Crippen LogP contribution >= 0.6 is 0 Å². The molecular formula is C17H24N2O3. The van der Waals surface area contributed by atoms with Gasteiger partial charge < -0.3 is 15.3 Å². The van der Waals surface area contributed by atoms with Crippen molar-refractivity contribution >= 4 is 12.0 Å². The van der Waals surface area contributed by atoms with Crippen molar-refractivity contribution in [2.75, 3.05) is 13.1 Å². The molecule has 5 heteroatoms. The zero-order valence-corrected chi connectivity index (χ0v) is 13.4. The summed E-state index contributed by atoms with van der Waals surface area (Å²) in [6.45, 7) is 6.47. The van der Waals surface area contributed by atoms with Gasteiger partial charge in [-0.05, 0) is 37.8 Å². The molecule has 1 saturated heterocycles. The fourth-order valence-corrected chi connectivity index (χ4v) is 2.71. The van der Waals surface area contributed by atoms with Crippen LogP contribution in [0.15, 0.2) is 24.3 Å². The monoisotopic (exact) mass is 304 g/mol. The molecule has 5 nitrogen and oxygen atoms in total. The first-order valence-electron chi connectivity index (χ1n) is 7.73. The third kappa shape index (κ3) is 3.40. The second-order valence-electron chi connectivity index (χ2n) is 6.30. The van der Waals surface area contributed by atoms with Gasteiger partial charge in [-0.1, -0.05) is 31.2 Å². The number of benzene rings is 1. The summed E-state index contributed by atoms with van der Waals surface area (Å²) in [7, 11) is 0. The number of aryl methyl sites for hydroxylation is 1. The topological polar surface area (TPSA) is 69.6 Å². The van der Waals surface area contributed by atoms with Gasteiger partial charge in [0.2, 0.25) is 0 Å². The third-order valence-electron chi connectivity index (χ3n) is 4.50. The number of carbonyl (C=O) groups excluding carboxylic acids is 1. The van der Waals surface area contributed by atoms with Crippen LogP contribution in [0.3, 0.4) is 0 Å². The molecular weight excluding hydrogens is 280 g/mol. The summed E-state index contributed by atoms with van der Waals surface area (Å²) < 4.78 is 0. The lowest BCUT2D eigenvalue weighted by molar-refractivity contribution is -0.146. The summed E-state index contributed by atoms with van der Waals surface area (Å²) in [6.07, 6.45) is 1.48. The first kappa shape index (κ1) is 16.3. The minimum Gasteiger partial charge on any atom is -0.481 e. The molecule has 1 fully saturated rings. The standard InChI is InChI=1S/C17H24N2O3/c1-4-13-5-7-14(8-6-13)12(2)18-16(22)19-10-9-17(3,11-19)15(20)21/h5-8,12H,4,9-11H2,1-3H3,(H,18,22)(H,20,21). The van der Waals surface area contributed by atoms with Crippen LogP contribution in [0.5, 0.6) is 0 Å². The minimum absolute atomic E-state index is 0.102. The lowest BCUT2D eigenvalue weighted by Crippen LogP contribution is -2.41. The Bertz CT molecular complexity index is 556. The van der Waals surface area contributed by atoms with E-state index in [4.69, 9.17) is 0 Å². The summed E-state index contributed by atoms with van der Waals surface area (Å²) in [5.41, 5.74) is 1.48. The van der Waals surface area contributed by atoms with Crippen molar-refractivity contribution in [1.29, 1.82) is 0 Å². The van der Waals surface area contributed by atoms with E-state index in [1.807, 2.05) is 19.1 Å². The number of rotatable bonds is 4. The summed E-state index contributed by atoms with van der Waals surface area (Å²) in [6, 6.07) is 7.88. The first-order chi connectivity index (χ1) is 10.4. The molecule has 0 aliphatic carbocycles. The van der Waals surface area contributed by atoms with E-state index in [0.29, 0.717) is 13.0 Å². The molecule has 22 heavy (non-hydrogen) atoms. The molecule has 120 valence electrons. The molecule has 1 aliphatic heterocycles. The largest absolute Gasteiger partial charge is 0.481 e.